The normalized spacial score (nSPS) is 11.2. The number of carbonyl (C=O) groups is 1. The summed E-state index contributed by atoms with van der Waals surface area (Å²) in [6.07, 6.45) is 0. The van der Waals surface area contributed by atoms with Gasteiger partial charge in [0.2, 0.25) is 0 Å². The lowest BCUT2D eigenvalue weighted by atomic mass is 10.2. The van der Waals surface area contributed by atoms with Gasteiger partial charge >= 0.3 is 5.97 Å². The van der Waals surface area contributed by atoms with E-state index in [0.717, 1.165) is 5.56 Å². The van der Waals surface area contributed by atoms with Crippen LogP contribution < -0.4 is 0 Å². The first-order valence-corrected chi connectivity index (χ1v) is 6.05. The molecule has 0 heterocycles. The summed E-state index contributed by atoms with van der Waals surface area (Å²) in [5.74, 6) is -0.844. The number of halogens is 2. The van der Waals surface area contributed by atoms with Gasteiger partial charge in [0, 0.05) is 22.6 Å². The highest BCUT2D eigenvalue weighted by Crippen LogP contribution is 2.22. The second-order valence-electron chi connectivity index (χ2n) is 4.13. The molecule has 94 valence electrons. The van der Waals surface area contributed by atoms with Gasteiger partial charge in [-0.25, -0.2) is 0 Å². The molecule has 0 fully saturated rings. The molecule has 1 aromatic rings. The average Bonchev–Trinajstić information content (AvgIpc) is 2.19. The van der Waals surface area contributed by atoms with Crippen molar-refractivity contribution in [2.24, 2.45) is 0 Å². The number of hydrogen-bond acceptors (Lipinski definition) is 2. The third kappa shape index (κ3) is 4.54. The summed E-state index contributed by atoms with van der Waals surface area (Å²) in [6.45, 7) is 4.40. The van der Waals surface area contributed by atoms with Crippen molar-refractivity contribution < 1.29 is 9.90 Å². The van der Waals surface area contributed by atoms with Crippen molar-refractivity contribution in [3.8, 4) is 0 Å². The van der Waals surface area contributed by atoms with Gasteiger partial charge in [-0.15, -0.1) is 0 Å². The van der Waals surface area contributed by atoms with Gasteiger partial charge in [-0.05, 0) is 31.5 Å². The van der Waals surface area contributed by atoms with E-state index in [0.29, 0.717) is 16.6 Å². The standard InChI is InChI=1S/C12H15Cl2NO2/c1-8(2)15(7-12(16)17)6-9-3-4-10(13)5-11(9)14/h3-5,8H,6-7H2,1-2H3,(H,16,17). The van der Waals surface area contributed by atoms with Crippen molar-refractivity contribution in [1.82, 2.24) is 4.90 Å². The fraction of sp³-hybridized carbons (Fsp3) is 0.417. The number of benzene rings is 1. The van der Waals surface area contributed by atoms with E-state index in [2.05, 4.69) is 0 Å². The van der Waals surface area contributed by atoms with Gasteiger partial charge in [-0.2, -0.15) is 0 Å². The van der Waals surface area contributed by atoms with Crippen molar-refractivity contribution in [3.63, 3.8) is 0 Å². The van der Waals surface area contributed by atoms with Crippen LogP contribution >= 0.6 is 23.2 Å². The van der Waals surface area contributed by atoms with Crippen molar-refractivity contribution in [2.45, 2.75) is 26.4 Å². The van der Waals surface area contributed by atoms with Gasteiger partial charge in [0.25, 0.3) is 0 Å². The molecule has 0 aliphatic heterocycles. The second-order valence-corrected chi connectivity index (χ2v) is 4.97. The van der Waals surface area contributed by atoms with E-state index < -0.39 is 5.97 Å². The van der Waals surface area contributed by atoms with Crippen LogP contribution in [0.1, 0.15) is 19.4 Å². The van der Waals surface area contributed by atoms with Gasteiger partial charge in [0.1, 0.15) is 0 Å². The van der Waals surface area contributed by atoms with Gasteiger partial charge in [-0.3, -0.25) is 9.69 Å². The maximum atomic E-state index is 10.7. The molecule has 3 nitrogen and oxygen atoms in total. The maximum absolute atomic E-state index is 10.7. The molecule has 17 heavy (non-hydrogen) atoms. The van der Waals surface area contributed by atoms with Crippen molar-refractivity contribution >= 4 is 29.2 Å². The first-order valence-electron chi connectivity index (χ1n) is 5.30. The molecule has 0 aromatic heterocycles. The smallest absolute Gasteiger partial charge is 0.317 e. The van der Waals surface area contributed by atoms with Crippen LogP contribution in [0, 0.1) is 0 Å². The van der Waals surface area contributed by atoms with E-state index in [1.807, 2.05) is 24.8 Å². The number of carboxylic acid groups (broad SMARTS) is 1. The Morgan fingerprint density at radius 2 is 2.06 bits per heavy atom. The molecule has 1 rings (SSSR count). The fourth-order valence-electron chi connectivity index (χ4n) is 1.46. The molecule has 0 unspecified atom stereocenters. The largest absolute Gasteiger partial charge is 0.480 e. The average molecular weight is 276 g/mol. The molecule has 0 spiro atoms. The lowest BCUT2D eigenvalue weighted by molar-refractivity contribution is -0.138. The molecule has 0 aliphatic rings. The van der Waals surface area contributed by atoms with Crippen LogP contribution in [0.5, 0.6) is 0 Å². The van der Waals surface area contributed by atoms with E-state index in [-0.39, 0.29) is 12.6 Å². The zero-order valence-corrected chi connectivity index (χ0v) is 11.3. The summed E-state index contributed by atoms with van der Waals surface area (Å²) in [6, 6.07) is 5.37. The van der Waals surface area contributed by atoms with Crippen molar-refractivity contribution in [2.75, 3.05) is 6.54 Å². The number of hydrogen-bond donors (Lipinski definition) is 1. The van der Waals surface area contributed by atoms with Crippen LogP contribution in [-0.4, -0.2) is 28.6 Å². The predicted octanol–water partition coefficient (Wildman–Crippen LogP) is 3.29. The van der Waals surface area contributed by atoms with Crippen molar-refractivity contribution in [1.29, 1.82) is 0 Å². The van der Waals surface area contributed by atoms with E-state index in [9.17, 15) is 4.79 Å². The van der Waals surface area contributed by atoms with E-state index in [1.165, 1.54) is 0 Å². The third-order valence-electron chi connectivity index (χ3n) is 2.46. The van der Waals surface area contributed by atoms with Crippen molar-refractivity contribution in [3.05, 3.63) is 33.8 Å². The molecule has 0 saturated heterocycles. The molecule has 0 radical (unpaired) electrons. The summed E-state index contributed by atoms with van der Waals surface area (Å²) < 4.78 is 0. The number of nitrogens with zero attached hydrogens (tertiary/aromatic N) is 1. The van der Waals surface area contributed by atoms with Crippen LogP contribution in [0.4, 0.5) is 0 Å². The zero-order chi connectivity index (χ0) is 13.0. The number of rotatable bonds is 5. The Balaban J connectivity index is 2.82. The zero-order valence-electron chi connectivity index (χ0n) is 9.78. The van der Waals surface area contributed by atoms with Crippen LogP contribution in [0.3, 0.4) is 0 Å². The number of carboxylic acids is 1. The Bertz CT molecular complexity index is 407. The minimum absolute atomic E-state index is 0.00335. The summed E-state index contributed by atoms with van der Waals surface area (Å²) >= 11 is 11.9. The SMILES string of the molecule is CC(C)N(CC(=O)O)Cc1ccc(Cl)cc1Cl. The molecule has 0 bridgehead atoms. The fourth-order valence-corrected chi connectivity index (χ4v) is 1.93. The summed E-state index contributed by atoms with van der Waals surface area (Å²) in [7, 11) is 0. The quantitative estimate of drug-likeness (QED) is 0.897. The molecule has 0 amide bonds. The first kappa shape index (κ1) is 14.3. The monoisotopic (exact) mass is 275 g/mol. The molecule has 5 heteroatoms. The molecule has 1 N–H and O–H groups in total. The lowest BCUT2D eigenvalue weighted by Gasteiger charge is -2.24. The van der Waals surface area contributed by atoms with E-state index in [1.54, 1.807) is 12.1 Å². The van der Waals surface area contributed by atoms with Gasteiger partial charge in [0.15, 0.2) is 0 Å². The maximum Gasteiger partial charge on any atom is 0.317 e. The highest BCUT2D eigenvalue weighted by Gasteiger charge is 2.15. The van der Waals surface area contributed by atoms with Gasteiger partial charge < -0.3 is 5.11 Å². The van der Waals surface area contributed by atoms with Crippen LogP contribution in [0.25, 0.3) is 0 Å². The van der Waals surface area contributed by atoms with Gasteiger partial charge in [-0.1, -0.05) is 29.3 Å². The summed E-state index contributed by atoms with van der Waals surface area (Å²) in [5.41, 5.74) is 0.881. The first-order chi connectivity index (χ1) is 7.90. The Morgan fingerprint density at radius 3 is 2.53 bits per heavy atom. The Kier molecular flexibility index (Phi) is 5.25. The van der Waals surface area contributed by atoms with Gasteiger partial charge in [0.05, 0.1) is 6.54 Å². The third-order valence-corrected chi connectivity index (χ3v) is 3.04. The Hall–Kier alpha value is -0.770. The Morgan fingerprint density at radius 1 is 1.41 bits per heavy atom. The molecular formula is C12H15Cl2NO2. The predicted molar refractivity (Wildman–Crippen MR) is 69.6 cm³/mol. The van der Waals surface area contributed by atoms with Crippen LogP contribution in [0.2, 0.25) is 10.0 Å². The molecule has 0 aliphatic carbocycles. The molecular weight excluding hydrogens is 261 g/mol. The van der Waals surface area contributed by atoms with E-state index >= 15 is 0 Å². The minimum Gasteiger partial charge on any atom is -0.480 e. The highest BCUT2D eigenvalue weighted by atomic mass is 35.5. The second kappa shape index (κ2) is 6.24. The van der Waals surface area contributed by atoms with Crippen LogP contribution in [0.15, 0.2) is 18.2 Å². The topological polar surface area (TPSA) is 40.5 Å². The highest BCUT2D eigenvalue weighted by molar-refractivity contribution is 6.35. The minimum atomic E-state index is -0.844. The summed E-state index contributed by atoms with van der Waals surface area (Å²) in [5, 5.41) is 9.97. The Labute approximate surface area is 111 Å². The van der Waals surface area contributed by atoms with E-state index in [4.69, 9.17) is 28.3 Å². The van der Waals surface area contributed by atoms with Crippen LogP contribution in [-0.2, 0) is 11.3 Å². The molecule has 0 atom stereocenters. The molecule has 0 saturated carbocycles. The molecule has 1 aromatic carbocycles. The number of aliphatic carboxylic acids is 1. The lowest BCUT2D eigenvalue weighted by Crippen LogP contribution is -2.35. The summed E-state index contributed by atoms with van der Waals surface area (Å²) in [4.78, 5) is 12.6.